The standard InChI is InChI=1S/C12H15N5O2/c1-3-9-11(17(18)19)10(4-2)16(15-9)12-8(13)6-5-7-14-12/h5-7H,3-4,13H2,1-2H3. The van der Waals surface area contributed by atoms with Gasteiger partial charge in [0.15, 0.2) is 5.82 Å². The molecule has 19 heavy (non-hydrogen) atoms. The SMILES string of the molecule is CCc1nn(-c2ncccc2N)c(CC)c1[N+](=O)[O-]. The van der Waals surface area contributed by atoms with E-state index in [0.29, 0.717) is 35.7 Å². The van der Waals surface area contributed by atoms with E-state index in [1.165, 1.54) is 4.68 Å². The van der Waals surface area contributed by atoms with Crippen molar-refractivity contribution >= 4 is 11.4 Å². The van der Waals surface area contributed by atoms with Gasteiger partial charge in [0.05, 0.1) is 10.6 Å². The molecule has 0 bridgehead atoms. The first-order valence-electron chi connectivity index (χ1n) is 6.06. The number of nitro groups is 1. The van der Waals surface area contributed by atoms with Crippen LogP contribution in [-0.2, 0) is 12.8 Å². The Hall–Kier alpha value is -2.44. The highest BCUT2D eigenvalue weighted by molar-refractivity contribution is 5.55. The van der Waals surface area contributed by atoms with Crippen LogP contribution in [-0.4, -0.2) is 19.7 Å². The van der Waals surface area contributed by atoms with Crippen molar-refractivity contribution < 1.29 is 4.92 Å². The number of hydrogen-bond donors (Lipinski definition) is 1. The van der Waals surface area contributed by atoms with Gasteiger partial charge in [0, 0.05) is 6.20 Å². The van der Waals surface area contributed by atoms with Gasteiger partial charge >= 0.3 is 5.69 Å². The molecule has 2 N–H and O–H groups in total. The van der Waals surface area contributed by atoms with Crippen LogP contribution in [0, 0.1) is 10.1 Å². The Morgan fingerprint density at radius 3 is 2.68 bits per heavy atom. The van der Waals surface area contributed by atoms with Crippen molar-refractivity contribution in [2.24, 2.45) is 0 Å². The summed E-state index contributed by atoms with van der Waals surface area (Å²) in [5, 5.41) is 15.5. The second kappa shape index (κ2) is 5.05. The van der Waals surface area contributed by atoms with Gasteiger partial charge in [-0.2, -0.15) is 5.10 Å². The highest BCUT2D eigenvalue weighted by Crippen LogP contribution is 2.28. The molecule has 0 radical (unpaired) electrons. The molecule has 2 heterocycles. The maximum Gasteiger partial charge on any atom is 0.313 e. The summed E-state index contributed by atoms with van der Waals surface area (Å²) in [6.45, 7) is 3.68. The maximum atomic E-state index is 11.2. The zero-order valence-corrected chi connectivity index (χ0v) is 10.8. The van der Waals surface area contributed by atoms with Gasteiger partial charge < -0.3 is 5.73 Å². The molecule has 7 nitrogen and oxygen atoms in total. The van der Waals surface area contributed by atoms with E-state index in [1.54, 1.807) is 18.3 Å². The van der Waals surface area contributed by atoms with Crippen LogP contribution < -0.4 is 5.73 Å². The van der Waals surface area contributed by atoms with Gasteiger partial charge in [-0.05, 0) is 25.0 Å². The van der Waals surface area contributed by atoms with Crippen molar-refractivity contribution in [2.45, 2.75) is 26.7 Å². The van der Waals surface area contributed by atoms with Crippen molar-refractivity contribution in [3.05, 3.63) is 39.8 Å². The average molecular weight is 261 g/mol. The molecule has 2 aromatic rings. The smallest absolute Gasteiger partial charge is 0.313 e. The first-order chi connectivity index (χ1) is 9.10. The Bertz CT molecular complexity index is 621. The number of pyridine rings is 1. The predicted molar refractivity (Wildman–Crippen MR) is 71.2 cm³/mol. The summed E-state index contributed by atoms with van der Waals surface area (Å²) in [7, 11) is 0. The number of nitrogens with two attached hydrogens (primary N) is 1. The normalized spacial score (nSPS) is 10.6. The van der Waals surface area contributed by atoms with Gasteiger partial charge in [-0.1, -0.05) is 13.8 Å². The van der Waals surface area contributed by atoms with E-state index in [2.05, 4.69) is 10.1 Å². The fourth-order valence-electron chi connectivity index (χ4n) is 2.02. The van der Waals surface area contributed by atoms with Gasteiger partial charge in [0.25, 0.3) is 0 Å². The van der Waals surface area contributed by atoms with Crippen LogP contribution in [0.4, 0.5) is 11.4 Å². The van der Waals surface area contributed by atoms with Gasteiger partial charge in [-0.3, -0.25) is 10.1 Å². The Labute approximate surface area is 110 Å². The minimum absolute atomic E-state index is 0.0649. The van der Waals surface area contributed by atoms with Crippen molar-refractivity contribution in [1.82, 2.24) is 14.8 Å². The first-order valence-corrected chi connectivity index (χ1v) is 6.06. The Balaban J connectivity index is 2.71. The average Bonchev–Trinajstić information content (AvgIpc) is 2.77. The highest BCUT2D eigenvalue weighted by atomic mass is 16.6. The van der Waals surface area contributed by atoms with E-state index >= 15 is 0 Å². The van der Waals surface area contributed by atoms with Crippen LogP contribution in [0.3, 0.4) is 0 Å². The highest BCUT2D eigenvalue weighted by Gasteiger charge is 2.27. The van der Waals surface area contributed by atoms with Crippen LogP contribution in [0.15, 0.2) is 18.3 Å². The van der Waals surface area contributed by atoms with Gasteiger partial charge in [-0.15, -0.1) is 0 Å². The lowest BCUT2D eigenvalue weighted by Gasteiger charge is -2.06. The molecule has 0 atom stereocenters. The molecule has 0 aromatic carbocycles. The van der Waals surface area contributed by atoms with Gasteiger partial charge in [0.2, 0.25) is 0 Å². The zero-order valence-electron chi connectivity index (χ0n) is 10.8. The first kappa shape index (κ1) is 13.0. The third-order valence-electron chi connectivity index (χ3n) is 2.89. The van der Waals surface area contributed by atoms with E-state index in [-0.39, 0.29) is 10.6 Å². The van der Waals surface area contributed by atoms with E-state index in [4.69, 9.17) is 5.73 Å². The predicted octanol–water partition coefficient (Wildman–Crippen LogP) is 1.88. The molecule has 0 spiro atoms. The zero-order chi connectivity index (χ0) is 14.0. The number of aryl methyl sites for hydroxylation is 1. The molecule has 0 amide bonds. The monoisotopic (exact) mass is 261 g/mol. The fourth-order valence-corrected chi connectivity index (χ4v) is 2.02. The Morgan fingerprint density at radius 2 is 2.16 bits per heavy atom. The molecule has 0 saturated heterocycles. The van der Waals surface area contributed by atoms with Crippen molar-refractivity contribution in [1.29, 1.82) is 0 Å². The van der Waals surface area contributed by atoms with Crippen LogP contribution >= 0.6 is 0 Å². The minimum atomic E-state index is -0.389. The van der Waals surface area contributed by atoms with Crippen molar-refractivity contribution in [3.63, 3.8) is 0 Å². The molecule has 100 valence electrons. The molecule has 7 heteroatoms. The summed E-state index contributed by atoms with van der Waals surface area (Å²) in [5.74, 6) is 0.433. The topological polar surface area (TPSA) is 99.9 Å². The van der Waals surface area contributed by atoms with Gasteiger partial charge in [-0.25, -0.2) is 9.67 Å². The van der Waals surface area contributed by atoms with E-state index in [0.717, 1.165) is 0 Å². The van der Waals surface area contributed by atoms with Crippen LogP contribution in [0.2, 0.25) is 0 Å². The second-order valence-electron chi connectivity index (χ2n) is 4.03. The molecular weight excluding hydrogens is 246 g/mol. The molecule has 0 aliphatic rings. The largest absolute Gasteiger partial charge is 0.396 e. The lowest BCUT2D eigenvalue weighted by molar-refractivity contribution is -0.386. The summed E-state index contributed by atoms with van der Waals surface area (Å²) in [6.07, 6.45) is 2.56. The lowest BCUT2D eigenvalue weighted by atomic mass is 10.2. The molecule has 2 rings (SSSR count). The van der Waals surface area contributed by atoms with Crippen LogP contribution in [0.25, 0.3) is 5.82 Å². The van der Waals surface area contributed by atoms with Crippen molar-refractivity contribution in [3.8, 4) is 5.82 Å². The summed E-state index contributed by atoms with van der Waals surface area (Å²) in [4.78, 5) is 15.0. The summed E-state index contributed by atoms with van der Waals surface area (Å²) in [5.41, 5.74) is 7.34. The molecular formula is C12H15N5O2. The number of anilines is 1. The summed E-state index contributed by atoms with van der Waals surface area (Å²) >= 11 is 0. The molecule has 0 aliphatic heterocycles. The maximum absolute atomic E-state index is 11.2. The van der Waals surface area contributed by atoms with E-state index in [1.807, 2.05) is 13.8 Å². The Morgan fingerprint density at radius 1 is 1.42 bits per heavy atom. The van der Waals surface area contributed by atoms with Gasteiger partial charge in [0.1, 0.15) is 11.4 Å². The van der Waals surface area contributed by atoms with Crippen LogP contribution in [0.1, 0.15) is 25.2 Å². The molecule has 0 aliphatic carbocycles. The Kier molecular flexibility index (Phi) is 3.46. The number of nitrogens with zero attached hydrogens (tertiary/aromatic N) is 4. The number of aromatic nitrogens is 3. The lowest BCUT2D eigenvalue weighted by Crippen LogP contribution is -2.07. The number of hydrogen-bond acceptors (Lipinski definition) is 5. The summed E-state index contributed by atoms with van der Waals surface area (Å²) in [6, 6.07) is 3.41. The van der Waals surface area contributed by atoms with E-state index in [9.17, 15) is 10.1 Å². The molecule has 0 saturated carbocycles. The molecule has 0 fully saturated rings. The van der Waals surface area contributed by atoms with Crippen LogP contribution in [0.5, 0.6) is 0 Å². The number of nitrogen functional groups attached to an aromatic ring is 1. The van der Waals surface area contributed by atoms with E-state index < -0.39 is 0 Å². The summed E-state index contributed by atoms with van der Waals surface area (Å²) < 4.78 is 1.48. The molecule has 0 unspecified atom stereocenters. The van der Waals surface area contributed by atoms with Crippen molar-refractivity contribution in [2.75, 3.05) is 5.73 Å². The quantitative estimate of drug-likeness (QED) is 0.669. The third kappa shape index (κ3) is 2.14. The second-order valence-corrected chi connectivity index (χ2v) is 4.03. The fraction of sp³-hybridized carbons (Fsp3) is 0.333. The minimum Gasteiger partial charge on any atom is -0.396 e. The number of rotatable bonds is 4. The molecule has 2 aromatic heterocycles. The third-order valence-corrected chi connectivity index (χ3v) is 2.89.